The molecule has 0 saturated heterocycles. The van der Waals surface area contributed by atoms with E-state index in [1.165, 1.54) is 15.5 Å². The lowest BCUT2D eigenvalue weighted by atomic mass is 10.1. The molecule has 0 unspecified atom stereocenters. The van der Waals surface area contributed by atoms with Crippen LogP contribution in [0.3, 0.4) is 0 Å². The first-order valence-corrected chi connectivity index (χ1v) is 21.8. The zero-order valence-corrected chi connectivity index (χ0v) is 35.7. The largest absolute Gasteiger partial charge is 0.383 e. The summed E-state index contributed by atoms with van der Waals surface area (Å²) in [6.45, 7) is 8.73. The van der Waals surface area contributed by atoms with Crippen molar-refractivity contribution in [2.24, 2.45) is 30.7 Å². The average molecular weight is 844 g/mol. The van der Waals surface area contributed by atoms with Gasteiger partial charge in [-0.2, -0.15) is 0 Å². The molecule has 0 amide bonds. The second-order valence-electron chi connectivity index (χ2n) is 15.2. The number of aliphatic imine (C=N–C) groups is 5. The predicted octanol–water partition coefficient (Wildman–Crippen LogP) is 13.1. The minimum absolute atomic E-state index is 0.389. The minimum atomic E-state index is 0.389. The Bertz CT molecular complexity index is 3490. The monoisotopic (exact) mass is 843 g/mol. The normalized spacial score (nSPS) is 12.7. The number of benzene rings is 8. The van der Waals surface area contributed by atoms with Crippen molar-refractivity contribution in [2.45, 2.75) is 6.54 Å². The van der Waals surface area contributed by atoms with Crippen molar-refractivity contribution in [3.05, 3.63) is 240 Å². The van der Waals surface area contributed by atoms with E-state index in [0.29, 0.717) is 35.6 Å². The summed E-state index contributed by atoms with van der Waals surface area (Å²) in [7, 11) is 0. The summed E-state index contributed by atoms with van der Waals surface area (Å²) >= 11 is 1.74. The number of hydrogen-bond donors (Lipinski definition) is 1. The maximum Gasteiger partial charge on any atom is 0.162 e. The van der Waals surface area contributed by atoms with Crippen molar-refractivity contribution < 1.29 is 0 Å². The molecule has 0 aliphatic carbocycles. The Kier molecular flexibility index (Phi) is 10.9. The van der Waals surface area contributed by atoms with Crippen LogP contribution in [-0.4, -0.2) is 34.6 Å². The van der Waals surface area contributed by atoms with Crippen molar-refractivity contribution in [2.75, 3.05) is 0 Å². The number of hydrogen-bond acceptors (Lipinski definition) is 3. The molecule has 10 rings (SSSR count). The zero-order valence-electron chi connectivity index (χ0n) is 34.8. The van der Waals surface area contributed by atoms with Gasteiger partial charge in [-0.3, -0.25) is 4.99 Å². The molecule has 10 aromatic rings. The fourth-order valence-electron chi connectivity index (χ4n) is 8.09. The molecule has 0 aliphatic rings. The van der Waals surface area contributed by atoms with Crippen molar-refractivity contribution in [1.82, 2.24) is 4.57 Å². The van der Waals surface area contributed by atoms with Gasteiger partial charge in [0.05, 0.1) is 23.3 Å². The highest BCUT2D eigenvalue weighted by Crippen LogP contribution is 2.41. The highest BCUT2D eigenvalue weighted by atomic mass is 32.1. The molecule has 306 valence electrons. The maximum absolute atomic E-state index is 6.53. The van der Waals surface area contributed by atoms with Crippen LogP contribution in [0.2, 0.25) is 0 Å². The number of nitrogens with two attached hydrogens (primary N) is 1. The number of fused-ring (bicyclic) bond motifs is 6. The van der Waals surface area contributed by atoms with Crippen molar-refractivity contribution in [3.63, 3.8) is 0 Å². The standard InChI is InChI=1S/C56H41N7S/c1-37(60-56(42-24-13-6-14-25-42)61-53(57)39-18-7-3-8-19-39)44-27-17-28-46-48-35-43(31-33-51(48)64-52(44)46)63-49-29-16-15-26-45(49)47-34-38(30-32-50(47)63)36-59-55(41-22-11-5-12-23-41)62-54(58-2)40-20-9-4-10-21-40/h3-35H,1-2,36H2,(H2,57,60,61). The van der Waals surface area contributed by atoms with Crippen molar-refractivity contribution in [1.29, 1.82) is 0 Å². The summed E-state index contributed by atoms with van der Waals surface area (Å²) in [5.41, 5.74) is 16.0. The molecule has 0 saturated carbocycles. The molecule has 64 heavy (non-hydrogen) atoms. The van der Waals surface area contributed by atoms with Gasteiger partial charge in [-0.15, -0.1) is 11.3 Å². The van der Waals surface area contributed by atoms with E-state index in [1.807, 2.05) is 121 Å². The van der Waals surface area contributed by atoms with Crippen LogP contribution in [0.15, 0.2) is 232 Å². The molecular weight excluding hydrogens is 803 g/mol. The third-order valence-corrected chi connectivity index (χ3v) is 12.4. The zero-order chi connectivity index (χ0) is 43.4. The Morgan fingerprint density at radius 3 is 1.78 bits per heavy atom. The quantitative estimate of drug-likeness (QED) is 0.114. The highest BCUT2D eigenvalue weighted by molar-refractivity contribution is 7.26. The fraction of sp³-hybridized carbons (Fsp3) is 0.0179. The third kappa shape index (κ3) is 7.86. The summed E-state index contributed by atoms with van der Waals surface area (Å²) in [4.78, 5) is 24.1. The van der Waals surface area contributed by atoms with Crippen LogP contribution >= 0.6 is 11.3 Å². The number of rotatable bonds is 9. The van der Waals surface area contributed by atoms with Gasteiger partial charge in [0.2, 0.25) is 0 Å². The highest BCUT2D eigenvalue weighted by Gasteiger charge is 2.17. The van der Waals surface area contributed by atoms with Crippen molar-refractivity contribution in [3.8, 4) is 5.69 Å². The van der Waals surface area contributed by atoms with E-state index in [-0.39, 0.29) is 0 Å². The first-order valence-electron chi connectivity index (χ1n) is 20.9. The van der Waals surface area contributed by atoms with Crippen LogP contribution in [0.1, 0.15) is 33.4 Å². The van der Waals surface area contributed by atoms with Gasteiger partial charge in [-0.05, 0) is 48.7 Å². The first kappa shape index (κ1) is 39.8. The molecule has 0 spiro atoms. The van der Waals surface area contributed by atoms with Gasteiger partial charge in [0, 0.05) is 64.4 Å². The van der Waals surface area contributed by atoms with E-state index in [2.05, 4.69) is 102 Å². The second kappa shape index (κ2) is 17.6. The summed E-state index contributed by atoms with van der Waals surface area (Å²) < 4.78 is 4.65. The topological polar surface area (TPSA) is 92.7 Å². The number of aromatic nitrogens is 1. The van der Waals surface area contributed by atoms with Crippen molar-refractivity contribution >= 4 is 89.1 Å². The molecule has 0 atom stereocenters. The predicted molar refractivity (Wildman–Crippen MR) is 272 cm³/mol. The molecule has 8 aromatic carbocycles. The Morgan fingerprint density at radius 2 is 1.09 bits per heavy atom. The summed E-state index contributed by atoms with van der Waals surface area (Å²) in [5, 5.41) is 4.63. The van der Waals surface area contributed by atoms with Gasteiger partial charge in [0.1, 0.15) is 5.84 Å². The van der Waals surface area contributed by atoms with Crippen LogP contribution in [0, 0.1) is 0 Å². The van der Waals surface area contributed by atoms with E-state index in [4.69, 9.17) is 25.7 Å². The van der Waals surface area contributed by atoms with Gasteiger partial charge < -0.3 is 10.3 Å². The third-order valence-electron chi connectivity index (χ3n) is 11.2. The number of thiophene rings is 1. The molecule has 2 heterocycles. The second-order valence-corrected chi connectivity index (χ2v) is 16.3. The average Bonchev–Trinajstić information content (AvgIpc) is 3.90. The molecule has 2 aromatic heterocycles. The lowest BCUT2D eigenvalue weighted by molar-refractivity contribution is 1.06. The Morgan fingerprint density at radius 1 is 0.500 bits per heavy atom. The van der Waals surface area contributed by atoms with Crippen LogP contribution in [0.5, 0.6) is 0 Å². The van der Waals surface area contributed by atoms with Crippen LogP contribution in [-0.2, 0) is 6.54 Å². The van der Waals surface area contributed by atoms with E-state index < -0.39 is 0 Å². The minimum Gasteiger partial charge on any atom is -0.383 e. The number of nitrogens with zero attached hydrogens (tertiary/aromatic N) is 6. The van der Waals surface area contributed by atoms with Gasteiger partial charge in [-0.1, -0.05) is 170 Å². The maximum atomic E-state index is 6.53. The van der Waals surface area contributed by atoms with Crippen LogP contribution in [0.25, 0.3) is 53.4 Å². The summed E-state index contributed by atoms with van der Waals surface area (Å²) in [6, 6.07) is 67.8. The number of amidine groups is 4. The lowest BCUT2D eigenvalue weighted by Crippen LogP contribution is -2.16. The summed E-state index contributed by atoms with van der Waals surface area (Å²) in [6.07, 6.45) is 0. The molecule has 7 nitrogen and oxygen atoms in total. The van der Waals surface area contributed by atoms with Gasteiger partial charge in [0.15, 0.2) is 17.5 Å². The lowest BCUT2D eigenvalue weighted by Gasteiger charge is -2.09. The Balaban J connectivity index is 1.03. The molecule has 0 fully saturated rings. The molecule has 0 bridgehead atoms. The van der Waals surface area contributed by atoms with E-state index in [0.717, 1.165) is 65.6 Å². The molecule has 0 radical (unpaired) electrons. The van der Waals surface area contributed by atoms with E-state index >= 15 is 0 Å². The Labute approximate surface area is 375 Å². The molecular formula is C56H41N7S. The molecule has 0 aliphatic heterocycles. The molecule has 8 heteroatoms. The SMILES string of the molecule is C=NC(=NC(=NCc1ccc2c(c1)c1ccccc1n2-c1ccc2sc3c(C(=C)N=C(N=C(N)c4ccccc4)c4ccccc4)cccc3c2c1)c1ccccc1)c1ccccc1. The smallest absolute Gasteiger partial charge is 0.162 e. The van der Waals surface area contributed by atoms with Gasteiger partial charge in [-0.25, -0.2) is 20.0 Å². The number of para-hydroxylation sites is 1. The van der Waals surface area contributed by atoms with Gasteiger partial charge >= 0.3 is 0 Å². The van der Waals surface area contributed by atoms with E-state index in [1.54, 1.807) is 11.3 Å². The van der Waals surface area contributed by atoms with E-state index in [9.17, 15) is 0 Å². The Hall–Kier alpha value is -8.33. The van der Waals surface area contributed by atoms with Crippen LogP contribution < -0.4 is 5.73 Å². The first-order chi connectivity index (χ1) is 31.5. The van der Waals surface area contributed by atoms with Crippen LogP contribution in [0.4, 0.5) is 0 Å². The summed E-state index contributed by atoms with van der Waals surface area (Å²) in [5.74, 6) is 2.02. The van der Waals surface area contributed by atoms with Gasteiger partial charge in [0.25, 0.3) is 0 Å². The molecule has 2 N–H and O–H groups in total. The fourth-order valence-corrected chi connectivity index (χ4v) is 9.31.